The minimum atomic E-state index is 0.850. The van der Waals surface area contributed by atoms with Crippen molar-refractivity contribution < 1.29 is 4.42 Å². The molecule has 0 fully saturated rings. The molecule has 0 saturated carbocycles. The molecule has 10 rings (SSSR count). The Bertz CT molecular complexity index is 2870. The van der Waals surface area contributed by atoms with Gasteiger partial charge in [-0.15, -0.1) is 0 Å². The highest BCUT2D eigenvalue weighted by atomic mass is 16.3. The van der Waals surface area contributed by atoms with Gasteiger partial charge in [0.25, 0.3) is 0 Å². The number of para-hydroxylation sites is 1. The van der Waals surface area contributed by atoms with Crippen molar-refractivity contribution in [3.63, 3.8) is 0 Å². The highest BCUT2D eigenvalue weighted by Crippen LogP contribution is 2.48. The molecule has 0 bridgehead atoms. The molecule has 0 amide bonds. The fourth-order valence-corrected chi connectivity index (χ4v) is 7.59. The van der Waals surface area contributed by atoms with Gasteiger partial charge in [0.15, 0.2) is 0 Å². The lowest BCUT2D eigenvalue weighted by atomic mass is 9.93. The van der Waals surface area contributed by atoms with Crippen molar-refractivity contribution in [2.24, 2.45) is 0 Å². The van der Waals surface area contributed by atoms with Gasteiger partial charge in [0.1, 0.15) is 11.2 Å². The van der Waals surface area contributed by atoms with E-state index >= 15 is 0 Å². The molecule has 2 aromatic heterocycles. The van der Waals surface area contributed by atoms with Crippen LogP contribution in [0.15, 0.2) is 187 Å². The van der Waals surface area contributed by atoms with Crippen LogP contribution in [0, 0.1) is 0 Å². The summed E-state index contributed by atoms with van der Waals surface area (Å²) in [4.78, 5) is 7.01. The number of nitrogens with zero attached hydrogens (tertiary/aromatic N) is 2. The Kier molecular flexibility index (Phi) is 6.49. The van der Waals surface area contributed by atoms with Crippen LogP contribution in [0.4, 0.5) is 17.1 Å². The summed E-state index contributed by atoms with van der Waals surface area (Å²) in [5.74, 6) is 0. The van der Waals surface area contributed by atoms with Crippen LogP contribution in [0.2, 0.25) is 0 Å². The molecule has 3 heteroatoms. The van der Waals surface area contributed by atoms with Gasteiger partial charge < -0.3 is 9.32 Å². The van der Waals surface area contributed by atoms with Gasteiger partial charge in [-0.2, -0.15) is 0 Å². The SMILES string of the molecule is c1ccc(-c2cccc(N(c3ccc(-c4cc5ccccc5c5ccccc45)cc3)c3c4cnccc4cc4oc5ccccc5c34)c2)cc1. The van der Waals surface area contributed by atoms with E-state index in [-0.39, 0.29) is 0 Å². The van der Waals surface area contributed by atoms with Crippen LogP contribution in [0.1, 0.15) is 0 Å². The van der Waals surface area contributed by atoms with Crippen molar-refractivity contribution in [2.75, 3.05) is 4.90 Å². The zero-order chi connectivity index (χ0) is 33.0. The van der Waals surface area contributed by atoms with Crippen LogP contribution in [-0.4, -0.2) is 4.98 Å². The Labute approximate surface area is 289 Å². The Morgan fingerprint density at radius 2 is 1.12 bits per heavy atom. The summed E-state index contributed by atoms with van der Waals surface area (Å²) in [6.45, 7) is 0. The number of hydrogen-bond donors (Lipinski definition) is 0. The lowest BCUT2D eigenvalue weighted by Gasteiger charge is -2.28. The van der Waals surface area contributed by atoms with E-state index in [1.165, 1.54) is 38.2 Å². The minimum absolute atomic E-state index is 0.850. The Balaban J connectivity index is 1.23. The largest absolute Gasteiger partial charge is 0.456 e. The van der Waals surface area contributed by atoms with Crippen molar-refractivity contribution in [3.05, 3.63) is 182 Å². The first-order valence-electron chi connectivity index (χ1n) is 16.9. The first-order valence-corrected chi connectivity index (χ1v) is 16.9. The van der Waals surface area contributed by atoms with Gasteiger partial charge in [-0.05, 0) is 97.7 Å². The van der Waals surface area contributed by atoms with Crippen molar-refractivity contribution in [1.82, 2.24) is 4.98 Å². The van der Waals surface area contributed by atoms with Crippen LogP contribution in [0.3, 0.4) is 0 Å². The number of hydrogen-bond acceptors (Lipinski definition) is 3. The number of aromatic nitrogens is 1. The molecule has 2 heterocycles. The second-order valence-corrected chi connectivity index (χ2v) is 12.8. The van der Waals surface area contributed by atoms with Crippen molar-refractivity contribution in [2.45, 2.75) is 0 Å². The third-order valence-corrected chi connectivity index (χ3v) is 9.90. The highest BCUT2D eigenvalue weighted by Gasteiger charge is 2.23. The number of fused-ring (bicyclic) bond motifs is 7. The molecule has 0 aliphatic carbocycles. The first-order chi connectivity index (χ1) is 24.8. The molecule has 0 aliphatic rings. The molecule has 0 radical (unpaired) electrons. The number of anilines is 3. The summed E-state index contributed by atoms with van der Waals surface area (Å²) in [6, 6.07) is 60.6. The topological polar surface area (TPSA) is 29.3 Å². The van der Waals surface area contributed by atoms with Gasteiger partial charge in [0.05, 0.1) is 11.1 Å². The maximum atomic E-state index is 6.52. The van der Waals surface area contributed by atoms with E-state index in [2.05, 4.69) is 168 Å². The summed E-state index contributed by atoms with van der Waals surface area (Å²) < 4.78 is 6.52. The Morgan fingerprint density at radius 1 is 0.420 bits per heavy atom. The maximum Gasteiger partial charge on any atom is 0.138 e. The molecule has 0 saturated heterocycles. The van der Waals surface area contributed by atoms with Gasteiger partial charge >= 0.3 is 0 Å². The van der Waals surface area contributed by atoms with E-state index in [4.69, 9.17) is 4.42 Å². The molecule has 50 heavy (non-hydrogen) atoms. The number of benzene rings is 8. The monoisotopic (exact) mass is 638 g/mol. The third kappa shape index (κ3) is 4.56. The van der Waals surface area contributed by atoms with E-state index in [1.54, 1.807) is 0 Å². The van der Waals surface area contributed by atoms with Crippen molar-refractivity contribution in [1.29, 1.82) is 0 Å². The summed E-state index contributed by atoms with van der Waals surface area (Å²) in [5, 5.41) is 9.30. The molecule has 0 unspecified atom stereocenters. The standard InChI is InChI=1S/C47H30N2O/c1-2-11-31(12-3-1)33-14-10-15-37(27-33)49(47-43-30-48-26-25-35(43)29-45-46(47)41-19-8-9-20-44(41)50-45)36-23-21-32(22-24-36)42-28-34-13-4-5-16-38(34)39-17-6-7-18-40(39)42/h1-30H. The molecule has 234 valence electrons. The average molecular weight is 639 g/mol. The van der Waals surface area contributed by atoms with Crippen LogP contribution >= 0.6 is 0 Å². The predicted octanol–water partition coefficient (Wildman–Crippen LogP) is 13.2. The fourth-order valence-electron chi connectivity index (χ4n) is 7.59. The molecule has 0 atom stereocenters. The Hall–Kier alpha value is -6.71. The quantitative estimate of drug-likeness (QED) is 0.176. The molecule has 0 N–H and O–H groups in total. The van der Waals surface area contributed by atoms with E-state index in [1.807, 2.05) is 24.5 Å². The Morgan fingerprint density at radius 3 is 1.98 bits per heavy atom. The number of furan rings is 1. The molecule has 0 aliphatic heterocycles. The maximum absolute atomic E-state index is 6.52. The molecular formula is C47H30N2O. The summed E-state index contributed by atoms with van der Waals surface area (Å²) >= 11 is 0. The van der Waals surface area contributed by atoms with E-state index in [0.717, 1.165) is 55.3 Å². The van der Waals surface area contributed by atoms with Crippen molar-refractivity contribution in [3.8, 4) is 22.3 Å². The molecule has 8 aromatic carbocycles. The third-order valence-electron chi connectivity index (χ3n) is 9.90. The number of rotatable bonds is 5. The minimum Gasteiger partial charge on any atom is -0.456 e. The molecule has 10 aromatic rings. The second kappa shape index (κ2) is 11.5. The van der Waals surface area contributed by atoms with Gasteiger partial charge in [-0.1, -0.05) is 121 Å². The zero-order valence-corrected chi connectivity index (χ0v) is 27.1. The lowest BCUT2D eigenvalue weighted by molar-refractivity contribution is 0.669. The van der Waals surface area contributed by atoms with E-state index in [0.29, 0.717) is 0 Å². The van der Waals surface area contributed by atoms with Crippen LogP contribution in [-0.2, 0) is 0 Å². The summed E-state index contributed by atoms with van der Waals surface area (Å²) in [6.07, 6.45) is 3.83. The van der Waals surface area contributed by atoms with Gasteiger partial charge in [-0.25, -0.2) is 0 Å². The van der Waals surface area contributed by atoms with Crippen LogP contribution in [0.5, 0.6) is 0 Å². The zero-order valence-electron chi connectivity index (χ0n) is 27.1. The molecule has 0 spiro atoms. The smallest absolute Gasteiger partial charge is 0.138 e. The fraction of sp³-hybridized carbons (Fsp3) is 0. The summed E-state index contributed by atoms with van der Waals surface area (Å²) in [5.41, 5.74) is 9.58. The molecular weight excluding hydrogens is 609 g/mol. The number of pyridine rings is 1. The van der Waals surface area contributed by atoms with Crippen LogP contribution in [0.25, 0.3) is 76.5 Å². The van der Waals surface area contributed by atoms with E-state index in [9.17, 15) is 0 Å². The highest BCUT2D eigenvalue weighted by molar-refractivity contribution is 6.22. The predicted molar refractivity (Wildman–Crippen MR) is 210 cm³/mol. The molecule has 3 nitrogen and oxygen atoms in total. The second-order valence-electron chi connectivity index (χ2n) is 12.8. The normalized spacial score (nSPS) is 11.6. The van der Waals surface area contributed by atoms with Crippen LogP contribution < -0.4 is 4.90 Å². The van der Waals surface area contributed by atoms with Gasteiger partial charge in [0.2, 0.25) is 0 Å². The van der Waals surface area contributed by atoms with Gasteiger partial charge in [0, 0.05) is 34.5 Å². The van der Waals surface area contributed by atoms with E-state index < -0.39 is 0 Å². The average Bonchev–Trinajstić information content (AvgIpc) is 3.56. The lowest BCUT2D eigenvalue weighted by Crippen LogP contribution is -2.11. The van der Waals surface area contributed by atoms with Gasteiger partial charge in [-0.3, -0.25) is 4.98 Å². The first kappa shape index (κ1) is 28.3. The summed E-state index contributed by atoms with van der Waals surface area (Å²) in [7, 11) is 0. The van der Waals surface area contributed by atoms with Crippen molar-refractivity contribution >= 4 is 71.3 Å².